The van der Waals surface area contributed by atoms with Crippen molar-refractivity contribution in [3.05, 3.63) is 23.9 Å². The third kappa shape index (κ3) is 4.49. The Kier molecular flexibility index (Phi) is 5.80. The molecule has 2 N–H and O–H groups in total. The van der Waals surface area contributed by atoms with Crippen LogP contribution in [0.25, 0.3) is 0 Å². The number of pyridine rings is 1. The van der Waals surface area contributed by atoms with E-state index < -0.39 is 0 Å². The molecule has 0 aromatic carbocycles. The van der Waals surface area contributed by atoms with Crippen LogP contribution in [0.4, 0.5) is 5.82 Å². The molecule has 1 aliphatic rings. The summed E-state index contributed by atoms with van der Waals surface area (Å²) in [6, 6.07) is 3.46. The van der Waals surface area contributed by atoms with Crippen molar-refractivity contribution in [1.82, 2.24) is 10.3 Å². The Labute approximate surface area is 120 Å². The normalized spacial score (nSPS) is 15.2. The van der Waals surface area contributed by atoms with Crippen LogP contribution in [0.15, 0.2) is 18.3 Å². The van der Waals surface area contributed by atoms with E-state index in [-0.39, 0.29) is 5.91 Å². The van der Waals surface area contributed by atoms with Crippen molar-refractivity contribution in [1.29, 1.82) is 0 Å². The topological polar surface area (TPSA) is 63.2 Å². The molecule has 0 bridgehead atoms. The number of aromatic nitrogens is 1. The number of carbonyl (C=O) groups is 1. The molecule has 0 spiro atoms. The highest BCUT2D eigenvalue weighted by atomic mass is 16.5. The Hall–Kier alpha value is -1.62. The summed E-state index contributed by atoms with van der Waals surface area (Å²) < 4.78 is 5.80. The second kappa shape index (κ2) is 7.85. The zero-order chi connectivity index (χ0) is 14.2. The molecule has 1 aromatic rings. The van der Waals surface area contributed by atoms with E-state index in [1.165, 1.54) is 25.7 Å². The van der Waals surface area contributed by atoms with Crippen molar-refractivity contribution in [2.45, 2.75) is 38.2 Å². The SMILES string of the molecule is CNC(=O)c1ccnc(NCCCOC2CCCC2)c1. The molecule has 2 rings (SSSR count). The van der Waals surface area contributed by atoms with E-state index in [1.54, 1.807) is 25.4 Å². The van der Waals surface area contributed by atoms with E-state index in [1.807, 2.05) is 0 Å². The summed E-state index contributed by atoms with van der Waals surface area (Å²) in [6.45, 7) is 1.59. The molecule has 0 radical (unpaired) electrons. The molecule has 1 saturated carbocycles. The second-order valence-corrected chi connectivity index (χ2v) is 5.07. The summed E-state index contributed by atoms with van der Waals surface area (Å²) in [6.07, 6.45) is 8.10. The van der Waals surface area contributed by atoms with E-state index in [9.17, 15) is 4.79 Å². The van der Waals surface area contributed by atoms with Gasteiger partial charge in [-0.15, -0.1) is 0 Å². The minimum absolute atomic E-state index is 0.0972. The first-order valence-corrected chi connectivity index (χ1v) is 7.33. The maximum absolute atomic E-state index is 11.5. The van der Waals surface area contributed by atoms with Gasteiger partial charge in [-0.1, -0.05) is 12.8 Å². The van der Waals surface area contributed by atoms with Crippen LogP contribution in [0.1, 0.15) is 42.5 Å². The molecule has 1 fully saturated rings. The maximum Gasteiger partial charge on any atom is 0.251 e. The van der Waals surface area contributed by atoms with E-state index in [2.05, 4.69) is 15.6 Å². The van der Waals surface area contributed by atoms with Gasteiger partial charge in [-0.05, 0) is 31.4 Å². The first kappa shape index (κ1) is 14.8. The highest BCUT2D eigenvalue weighted by molar-refractivity contribution is 5.94. The number of hydrogen-bond acceptors (Lipinski definition) is 4. The average Bonchev–Trinajstić information content (AvgIpc) is 2.99. The van der Waals surface area contributed by atoms with Crippen molar-refractivity contribution in [2.75, 3.05) is 25.5 Å². The summed E-state index contributed by atoms with van der Waals surface area (Å²) in [7, 11) is 1.62. The first-order valence-electron chi connectivity index (χ1n) is 7.33. The summed E-state index contributed by atoms with van der Waals surface area (Å²) >= 11 is 0. The molecule has 1 heterocycles. The third-order valence-corrected chi connectivity index (χ3v) is 3.53. The Morgan fingerprint density at radius 1 is 1.45 bits per heavy atom. The van der Waals surface area contributed by atoms with Gasteiger partial charge >= 0.3 is 0 Å². The number of hydrogen-bond donors (Lipinski definition) is 2. The van der Waals surface area contributed by atoms with Gasteiger partial charge in [-0.25, -0.2) is 4.98 Å². The van der Waals surface area contributed by atoms with Gasteiger partial charge in [0.25, 0.3) is 5.91 Å². The van der Waals surface area contributed by atoms with Gasteiger partial charge < -0.3 is 15.4 Å². The van der Waals surface area contributed by atoms with Crippen LogP contribution < -0.4 is 10.6 Å². The minimum Gasteiger partial charge on any atom is -0.378 e. The van der Waals surface area contributed by atoms with Gasteiger partial charge in [0.2, 0.25) is 0 Å². The van der Waals surface area contributed by atoms with Crippen molar-refractivity contribution in [3.8, 4) is 0 Å². The maximum atomic E-state index is 11.5. The summed E-state index contributed by atoms with van der Waals surface area (Å²) in [5, 5.41) is 5.82. The lowest BCUT2D eigenvalue weighted by Crippen LogP contribution is -2.18. The lowest BCUT2D eigenvalue weighted by atomic mass is 10.2. The number of nitrogens with zero attached hydrogens (tertiary/aromatic N) is 1. The fraction of sp³-hybridized carbons (Fsp3) is 0.600. The van der Waals surface area contributed by atoms with Crippen molar-refractivity contribution < 1.29 is 9.53 Å². The van der Waals surface area contributed by atoms with Crippen LogP contribution in [-0.2, 0) is 4.74 Å². The number of nitrogens with one attached hydrogen (secondary N) is 2. The molecule has 0 atom stereocenters. The molecular formula is C15H23N3O2. The van der Waals surface area contributed by atoms with Crippen LogP contribution in [0.3, 0.4) is 0 Å². The highest BCUT2D eigenvalue weighted by Crippen LogP contribution is 2.20. The van der Waals surface area contributed by atoms with Crippen LogP contribution >= 0.6 is 0 Å². The van der Waals surface area contributed by atoms with Gasteiger partial charge in [0.05, 0.1) is 6.10 Å². The lowest BCUT2D eigenvalue weighted by molar-refractivity contribution is 0.0583. The Bertz CT molecular complexity index is 431. The Balaban J connectivity index is 1.67. The predicted molar refractivity (Wildman–Crippen MR) is 78.9 cm³/mol. The fourth-order valence-electron chi connectivity index (χ4n) is 2.41. The fourth-order valence-corrected chi connectivity index (χ4v) is 2.41. The van der Waals surface area contributed by atoms with Gasteiger partial charge in [0.15, 0.2) is 0 Å². The number of rotatable bonds is 7. The monoisotopic (exact) mass is 277 g/mol. The van der Waals surface area contributed by atoms with Crippen LogP contribution in [-0.4, -0.2) is 37.2 Å². The molecule has 1 amide bonds. The van der Waals surface area contributed by atoms with E-state index >= 15 is 0 Å². The van der Waals surface area contributed by atoms with Gasteiger partial charge in [0, 0.05) is 32.0 Å². The number of amides is 1. The Morgan fingerprint density at radius 2 is 2.25 bits per heavy atom. The first-order chi connectivity index (χ1) is 9.79. The molecule has 0 saturated heterocycles. The molecule has 1 aliphatic carbocycles. The lowest BCUT2D eigenvalue weighted by Gasteiger charge is -2.11. The van der Waals surface area contributed by atoms with Crippen molar-refractivity contribution >= 4 is 11.7 Å². The highest BCUT2D eigenvalue weighted by Gasteiger charge is 2.14. The van der Waals surface area contributed by atoms with E-state index in [0.29, 0.717) is 11.7 Å². The second-order valence-electron chi connectivity index (χ2n) is 5.07. The molecule has 1 aromatic heterocycles. The largest absolute Gasteiger partial charge is 0.378 e. The zero-order valence-electron chi connectivity index (χ0n) is 12.0. The molecule has 0 unspecified atom stereocenters. The number of carbonyl (C=O) groups excluding carboxylic acids is 1. The summed E-state index contributed by atoms with van der Waals surface area (Å²) in [5.41, 5.74) is 0.618. The quantitative estimate of drug-likeness (QED) is 0.750. The Morgan fingerprint density at radius 3 is 3.00 bits per heavy atom. The van der Waals surface area contributed by atoms with Gasteiger partial charge in [-0.2, -0.15) is 0 Å². The van der Waals surface area contributed by atoms with E-state index in [4.69, 9.17) is 4.74 Å². The zero-order valence-corrected chi connectivity index (χ0v) is 12.0. The van der Waals surface area contributed by atoms with Crippen LogP contribution in [0.5, 0.6) is 0 Å². The molecular weight excluding hydrogens is 254 g/mol. The molecule has 110 valence electrons. The summed E-state index contributed by atoms with van der Waals surface area (Å²) in [4.78, 5) is 15.7. The summed E-state index contributed by atoms with van der Waals surface area (Å²) in [5.74, 6) is 0.631. The molecule has 5 heteroatoms. The predicted octanol–water partition coefficient (Wildman–Crippen LogP) is 2.20. The van der Waals surface area contributed by atoms with Crippen molar-refractivity contribution in [3.63, 3.8) is 0 Å². The molecule has 0 aliphatic heterocycles. The molecule has 5 nitrogen and oxygen atoms in total. The van der Waals surface area contributed by atoms with Crippen molar-refractivity contribution in [2.24, 2.45) is 0 Å². The minimum atomic E-state index is -0.0972. The standard InChI is InChI=1S/C15H23N3O2/c1-16-15(19)12-7-9-18-14(11-12)17-8-4-10-20-13-5-2-3-6-13/h7,9,11,13H,2-6,8,10H2,1H3,(H,16,19)(H,17,18). The van der Waals surface area contributed by atoms with Crippen LogP contribution in [0, 0.1) is 0 Å². The van der Waals surface area contributed by atoms with Gasteiger partial charge in [-0.3, -0.25) is 4.79 Å². The van der Waals surface area contributed by atoms with Crippen LogP contribution in [0.2, 0.25) is 0 Å². The number of ether oxygens (including phenoxy) is 1. The number of anilines is 1. The van der Waals surface area contributed by atoms with Gasteiger partial charge in [0.1, 0.15) is 5.82 Å². The molecule has 20 heavy (non-hydrogen) atoms. The smallest absolute Gasteiger partial charge is 0.251 e. The third-order valence-electron chi connectivity index (χ3n) is 3.53. The average molecular weight is 277 g/mol. The van der Waals surface area contributed by atoms with E-state index in [0.717, 1.165) is 25.4 Å².